The van der Waals surface area contributed by atoms with Gasteiger partial charge in [-0.15, -0.1) is 11.3 Å². The summed E-state index contributed by atoms with van der Waals surface area (Å²) in [6, 6.07) is 10.1. The van der Waals surface area contributed by atoms with Crippen molar-refractivity contribution in [2.75, 3.05) is 13.2 Å². The summed E-state index contributed by atoms with van der Waals surface area (Å²) in [7, 11) is 0. The van der Waals surface area contributed by atoms with E-state index in [1.54, 1.807) is 37.3 Å². The zero-order chi connectivity index (χ0) is 16.7. The molecule has 1 aromatic carbocycles. The van der Waals surface area contributed by atoms with E-state index in [0.717, 1.165) is 4.88 Å². The van der Waals surface area contributed by atoms with Gasteiger partial charge >= 0.3 is 5.97 Å². The van der Waals surface area contributed by atoms with Crippen molar-refractivity contribution in [1.29, 1.82) is 0 Å². The Balaban J connectivity index is 1.76. The molecule has 7 heteroatoms. The van der Waals surface area contributed by atoms with E-state index in [1.165, 1.54) is 11.3 Å². The number of amides is 1. The van der Waals surface area contributed by atoms with E-state index >= 15 is 0 Å². The summed E-state index contributed by atoms with van der Waals surface area (Å²) in [6.45, 7) is 2.39. The van der Waals surface area contributed by atoms with E-state index in [2.05, 4.69) is 5.32 Å². The number of thiophene rings is 1. The third-order valence-corrected chi connectivity index (χ3v) is 4.06. The van der Waals surface area contributed by atoms with Crippen LogP contribution in [0.5, 0.6) is 5.75 Å². The van der Waals surface area contributed by atoms with Gasteiger partial charge in [0, 0.05) is 4.88 Å². The number of ether oxygens (including phenoxy) is 2. The van der Waals surface area contributed by atoms with Gasteiger partial charge in [0.05, 0.1) is 23.1 Å². The lowest BCUT2D eigenvalue weighted by atomic mass is 10.2. The molecule has 1 amide bonds. The third-order valence-electron chi connectivity index (χ3n) is 2.82. The van der Waals surface area contributed by atoms with Crippen LogP contribution in [0.25, 0.3) is 0 Å². The van der Waals surface area contributed by atoms with Crippen molar-refractivity contribution in [3.63, 3.8) is 0 Å². The van der Waals surface area contributed by atoms with Gasteiger partial charge in [-0.2, -0.15) is 0 Å². The molecule has 122 valence electrons. The Morgan fingerprint density at radius 1 is 1.17 bits per heavy atom. The van der Waals surface area contributed by atoms with Gasteiger partial charge in [-0.3, -0.25) is 4.79 Å². The van der Waals surface area contributed by atoms with Crippen molar-refractivity contribution >= 4 is 34.8 Å². The third kappa shape index (κ3) is 5.58. The Hall–Kier alpha value is -2.05. The maximum absolute atomic E-state index is 11.7. The number of nitrogens with one attached hydrogen (secondary N) is 1. The quantitative estimate of drug-likeness (QED) is 0.776. The fourth-order valence-corrected chi connectivity index (χ4v) is 2.76. The van der Waals surface area contributed by atoms with Gasteiger partial charge in [-0.1, -0.05) is 11.6 Å². The monoisotopic (exact) mass is 353 g/mol. The van der Waals surface area contributed by atoms with Crippen molar-refractivity contribution in [3.05, 3.63) is 51.2 Å². The Labute approximate surface area is 143 Å². The standard InChI is InChI=1S/C16H16ClNO4S/c1-2-21-16(20)11-3-5-12(6-4-11)22-10-15(19)18-9-13-7-8-14(17)23-13/h3-8H,2,9-10H2,1H3,(H,18,19). The Morgan fingerprint density at radius 2 is 1.91 bits per heavy atom. The van der Waals surface area contributed by atoms with Crippen molar-refractivity contribution < 1.29 is 19.1 Å². The highest BCUT2D eigenvalue weighted by atomic mass is 35.5. The molecule has 0 atom stereocenters. The second-order valence-corrected chi connectivity index (χ2v) is 6.32. The fourth-order valence-electron chi connectivity index (χ4n) is 1.73. The molecule has 0 unspecified atom stereocenters. The molecule has 2 rings (SSSR count). The number of esters is 1. The molecule has 0 aliphatic rings. The smallest absolute Gasteiger partial charge is 0.338 e. The van der Waals surface area contributed by atoms with Crippen LogP contribution in [0.15, 0.2) is 36.4 Å². The maximum atomic E-state index is 11.7. The van der Waals surface area contributed by atoms with Crippen LogP contribution in [0, 0.1) is 0 Å². The van der Waals surface area contributed by atoms with Crippen molar-refractivity contribution in [3.8, 4) is 5.75 Å². The van der Waals surface area contributed by atoms with E-state index in [-0.39, 0.29) is 18.5 Å². The summed E-state index contributed by atoms with van der Waals surface area (Å²) < 4.78 is 10.9. The average Bonchev–Trinajstić information content (AvgIpc) is 2.97. The minimum Gasteiger partial charge on any atom is -0.484 e. The lowest BCUT2D eigenvalue weighted by molar-refractivity contribution is -0.123. The molecule has 1 heterocycles. The molecule has 23 heavy (non-hydrogen) atoms. The molecule has 0 spiro atoms. The second kappa shape index (κ2) is 8.55. The number of hydrogen-bond acceptors (Lipinski definition) is 5. The van der Waals surface area contributed by atoms with Crippen LogP contribution in [-0.2, 0) is 16.1 Å². The summed E-state index contributed by atoms with van der Waals surface area (Å²) in [6.07, 6.45) is 0. The van der Waals surface area contributed by atoms with Gasteiger partial charge in [0.25, 0.3) is 5.91 Å². The minimum absolute atomic E-state index is 0.0993. The van der Waals surface area contributed by atoms with Gasteiger partial charge < -0.3 is 14.8 Å². The number of carbonyl (C=O) groups excluding carboxylic acids is 2. The van der Waals surface area contributed by atoms with Gasteiger partial charge in [-0.05, 0) is 43.3 Å². The molecule has 0 saturated carbocycles. The summed E-state index contributed by atoms with van der Waals surface area (Å²) in [4.78, 5) is 24.2. The van der Waals surface area contributed by atoms with Crippen molar-refractivity contribution in [2.45, 2.75) is 13.5 Å². The largest absolute Gasteiger partial charge is 0.484 e. The lowest BCUT2D eigenvalue weighted by Gasteiger charge is -2.07. The van der Waals surface area contributed by atoms with Crippen LogP contribution in [0.2, 0.25) is 4.34 Å². The molecule has 0 fully saturated rings. The van der Waals surface area contributed by atoms with Gasteiger partial charge in [0.1, 0.15) is 5.75 Å². The summed E-state index contributed by atoms with van der Waals surface area (Å²) in [5.41, 5.74) is 0.443. The predicted octanol–water partition coefficient (Wildman–Crippen LogP) is 3.27. The summed E-state index contributed by atoms with van der Waals surface area (Å²) in [5, 5.41) is 2.74. The zero-order valence-electron chi connectivity index (χ0n) is 12.5. The van der Waals surface area contributed by atoms with E-state index in [0.29, 0.717) is 28.8 Å². The second-order valence-electron chi connectivity index (χ2n) is 4.52. The van der Waals surface area contributed by atoms with Crippen LogP contribution < -0.4 is 10.1 Å². The molecule has 0 saturated heterocycles. The minimum atomic E-state index is -0.383. The van der Waals surface area contributed by atoms with Crippen molar-refractivity contribution in [2.24, 2.45) is 0 Å². The molecular formula is C16H16ClNO4S. The summed E-state index contributed by atoms with van der Waals surface area (Å²) >= 11 is 7.24. The Bertz CT molecular complexity index is 669. The Kier molecular flexibility index (Phi) is 6.43. The van der Waals surface area contributed by atoms with Gasteiger partial charge in [0.2, 0.25) is 0 Å². The van der Waals surface area contributed by atoms with E-state index in [4.69, 9.17) is 21.1 Å². The number of hydrogen-bond donors (Lipinski definition) is 1. The zero-order valence-corrected chi connectivity index (χ0v) is 14.1. The number of rotatable bonds is 7. The molecule has 0 aliphatic heterocycles. The molecule has 1 N–H and O–H groups in total. The molecule has 2 aromatic rings. The topological polar surface area (TPSA) is 64.6 Å². The fraction of sp³-hybridized carbons (Fsp3) is 0.250. The van der Waals surface area contributed by atoms with E-state index in [1.807, 2.05) is 6.07 Å². The van der Waals surface area contributed by atoms with Gasteiger partial charge in [-0.25, -0.2) is 4.79 Å². The molecule has 1 aromatic heterocycles. The highest BCUT2D eigenvalue weighted by molar-refractivity contribution is 7.16. The normalized spacial score (nSPS) is 10.2. The first-order chi connectivity index (χ1) is 11.1. The van der Waals surface area contributed by atoms with Crippen LogP contribution in [-0.4, -0.2) is 25.1 Å². The van der Waals surface area contributed by atoms with E-state index < -0.39 is 0 Å². The SMILES string of the molecule is CCOC(=O)c1ccc(OCC(=O)NCc2ccc(Cl)s2)cc1. The van der Waals surface area contributed by atoms with Crippen LogP contribution in [0.4, 0.5) is 0 Å². The maximum Gasteiger partial charge on any atom is 0.338 e. The molecule has 5 nitrogen and oxygen atoms in total. The first-order valence-electron chi connectivity index (χ1n) is 6.99. The first kappa shape index (κ1) is 17.3. The van der Waals surface area contributed by atoms with Gasteiger partial charge in [0.15, 0.2) is 6.61 Å². The average molecular weight is 354 g/mol. The highest BCUT2D eigenvalue weighted by Gasteiger charge is 2.07. The van der Waals surface area contributed by atoms with Crippen molar-refractivity contribution in [1.82, 2.24) is 5.32 Å². The first-order valence-corrected chi connectivity index (χ1v) is 8.19. The van der Waals surface area contributed by atoms with Crippen LogP contribution in [0.1, 0.15) is 22.2 Å². The number of halogens is 1. The molecular weight excluding hydrogens is 338 g/mol. The highest BCUT2D eigenvalue weighted by Crippen LogP contribution is 2.21. The molecule has 0 bridgehead atoms. The molecule has 0 aliphatic carbocycles. The molecule has 0 radical (unpaired) electrons. The lowest BCUT2D eigenvalue weighted by Crippen LogP contribution is -2.28. The number of benzene rings is 1. The predicted molar refractivity (Wildman–Crippen MR) is 89.1 cm³/mol. The van der Waals surface area contributed by atoms with Crippen LogP contribution >= 0.6 is 22.9 Å². The summed E-state index contributed by atoms with van der Waals surface area (Å²) in [5.74, 6) is -0.109. The van der Waals surface area contributed by atoms with Crippen LogP contribution in [0.3, 0.4) is 0 Å². The van der Waals surface area contributed by atoms with E-state index in [9.17, 15) is 9.59 Å². The Morgan fingerprint density at radius 3 is 2.52 bits per heavy atom. The number of carbonyl (C=O) groups is 2.